The van der Waals surface area contributed by atoms with Crippen LogP contribution in [-0.2, 0) is 19.1 Å². The number of amides is 2. The second-order valence-corrected chi connectivity index (χ2v) is 6.48. The highest BCUT2D eigenvalue weighted by Crippen LogP contribution is 2.31. The highest BCUT2D eigenvalue weighted by atomic mass is 19.2. The number of benzene rings is 2. The van der Waals surface area contributed by atoms with E-state index in [1.165, 1.54) is 27.2 Å². The van der Waals surface area contributed by atoms with Crippen molar-refractivity contribution in [3.8, 4) is 11.5 Å². The maximum Gasteiger partial charge on any atom is 0.331 e. The first-order chi connectivity index (χ1) is 15.7. The molecule has 0 aliphatic heterocycles. The lowest BCUT2D eigenvalue weighted by molar-refractivity contribution is -0.150. The summed E-state index contributed by atoms with van der Waals surface area (Å²) in [4.78, 5) is 35.9. The van der Waals surface area contributed by atoms with E-state index < -0.39 is 53.6 Å². The molecule has 2 aromatic rings. The molecule has 0 aromatic heterocycles. The molecule has 0 radical (unpaired) electrons. The number of methoxy groups -OCH3 is 2. The molecule has 33 heavy (non-hydrogen) atoms. The minimum absolute atomic E-state index is 0.401. The number of halogens is 3. The van der Waals surface area contributed by atoms with Gasteiger partial charge in [-0.1, -0.05) is 12.1 Å². The van der Waals surface area contributed by atoms with Crippen LogP contribution in [0.4, 0.5) is 18.9 Å². The van der Waals surface area contributed by atoms with Gasteiger partial charge in [0.15, 0.2) is 35.1 Å². The summed E-state index contributed by atoms with van der Waals surface area (Å²) in [6.07, 6.45) is 1.24. The summed E-state index contributed by atoms with van der Waals surface area (Å²) >= 11 is 0. The Morgan fingerprint density at radius 3 is 2.42 bits per heavy atom. The van der Waals surface area contributed by atoms with Crippen molar-refractivity contribution in [2.75, 3.05) is 26.1 Å². The summed E-state index contributed by atoms with van der Waals surface area (Å²) < 4.78 is 55.1. The summed E-state index contributed by atoms with van der Waals surface area (Å²) in [6.45, 7) is 0.649. The van der Waals surface area contributed by atoms with Gasteiger partial charge in [-0.25, -0.2) is 18.0 Å². The van der Waals surface area contributed by atoms with Gasteiger partial charge in [-0.2, -0.15) is 0 Å². The zero-order valence-corrected chi connectivity index (χ0v) is 17.9. The monoisotopic (exact) mass is 466 g/mol. The molecule has 176 valence electrons. The molecule has 1 unspecified atom stereocenters. The molecule has 1 atom stereocenters. The molecule has 2 rings (SSSR count). The molecule has 0 saturated heterocycles. The molecule has 0 saturated carbocycles. The van der Waals surface area contributed by atoms with Gasteiger partial charge in [0.25, 0.3) is 5.91 Å². The fourth-order valence-corrected chi connectivity index (χ4v) is 2.60. The number of esters is 1. The SMILES string of the molecule is COc1cccc(/C=C/C(=O)OC(C)C(=O)NCC(=O)Nc2ccc(F)c(F)c2F)c1OC. The van der Waals surface area contributed by atoms with Crippen LogP contribution in [0.15, 0.2) is 36.4 Å². The third-order valence-corrected chi connectivity index (χ3v) is 4.23. The van der Waals surface area contributed by atoms with E-state index in [2.05, 4.69) is 5.32 Å². The summed E-state index contributed by atoms with van der Waals surface area (Å²) in [5.41, 5.74) is -0.0576. The van der Waals surface area contributed by atoms with E-state index in [4.69, 9.17) is 14.2 Å². The summed E-state index contributed by atoms with van der Waals surface area (Å²) in [5.74, 6) is -6.41. The summed E-state index contributed by atoms with van der Waals surface area (Å²) in [5, 5.41) is 4.18. The van der Waals surface area contributed by atoms with E-state index in [0.717, 1.165) is 12.1 Å². The molecule has 0 aliphatic rings. The van der Waals surface area contributed by atoms with Crippen LogP contribution >= 0.6 is 0 Å². The van der Waals surface area contributed by atoms with Crippen LogP contribution < -0.4 is 20.1 Å². The molecule has 0 aliphatic carbocycles. The van der Waals surface area contributed by atoms with Gasteiger partial charge in [0, 0.05) is 11.6 Å². The highest BCUT2D eigenvalue weighted by Gasteiger charge is 2.19. The second kappa shape index (κ2) is 11.6. The van der Waals surface area contributed by atoms with E-state index >= 15 is 0 Å². The van der Waals surface area contributed by atoms with Gasteiger partial charge < -0.3 is 24.8 Å². The van der Waals surface area contributed by atoms with E-state index in [1.807, 2.05) is 5.32 Å². The first-order valence-corrected chi connectivity index (χ1v) is 9.48. The average molecular weight is 466 g/mol. The number of anilines is 1. The maximum absolute atomic E-state index is 13.6. The van der Waals surface area contributed by atoms with Crippen LogP contribution in [-0.4, -0.2) is 44.7 Å². The highest BCUT2D eigenvalue weighted by molar-refractivity contribution is 5.96. The minimum Gasteiger partial charge on any atom is -0.493 e. The molecule has 0 heterocycles. The smallest absolute Gasteiger partial charge is 0.331 e. The Morgan fingerprint density at radius 1 is 1.03 bits per heavy atom. The van der Waals surface area contributed by atoms with E-state index in [1.54, 1.807) is 18.2 Å². The van der Waals surface area contributed by atoms with Crippen molar-refractivity contribution in [2.45, 2.75) is 13.0 Å². The molecule has 2 N–H and O–H groups in total. The van der Waals surface area contributed by atoms with Gasteiger partial charge in [0.2, 0.25) is 5.91 Å². The van der Waals surface area contributed by atoms with Crippen molar-refractivity contribution in [3.05, 3.63) is 59.4 Å². The predicted octanol–water partition coefficient (Wildman–Crippen LogP) is 2.82. The Balaban J connectivity index is 1.88. The zero-order chi connectivity index (χ0) is 24.5. The number of carbonyl (C=O) groups is 3. The number of rotatable bonds is 9. The molecular weight excluding hydrogens is 445 g/mol. The normalized spacial score (nSPS) is 11.6. The van der Waals surface area contributed by atoms with Crippen LogP contribution in [0.1, 0.15) is 12.5 Å². The van der Waals surface area contributed by atoms with Gasteiger partial charge in [-0.05, 0) is 31.2 Å². The first-order valence-electron chi connectivity index (χ1n) is 9.48. The predicted molar refractivity (Wildman–Crippen MR) is 112 cm³/mol. The largest absolute Gasteiger partial charge is 0.493 e. The summed E-state index contributed by atoms with van der Waals surface area (Å²) in [7, 11) is 2.91. The third-order valence-electron chi connectivity index (χ3n) is 4.23. The second-order valence-electron chi connectivity index (χ2n) is 6.48. The Bertz CT molecular complexity index is 1070. The van der Waals surface area contributed by atoms with Gasteiger partial charge in [0.05, 0.1) is 26.5 Å². The third kappa shape index (κ3) is 6.73. The van der Waals surface area contributed by atoms with Crippen LogP contribution in [0, 0.1) is 17.5 Å². The molecular formula is C22H21F3N2O6. The topological polar surface area (TPSA) is 103 Å². The van der Waals surface area contributed by atoms with Crippen molar-refractivity contribution < 1.29 is 41.8 Å². The molecule has 0 spiro atoms. The van der Waals surface area contributed by atoms with E-state index in [-0.39, 0.29) is 0 Å². The molecule has 8 nitrogen and oxygen atoms in total. The molecule has 0 bridgehead atoms. The maximum atomic E-state index is 13.6. The lowest BCUT2D eigenvalue weighted by Crippen LogP contribution is -2.40. The number of hydrogen-bond acceptors (Lipinski definition) is 6. The lowest BCUT2D eigenvalue weighted by atomic mass is 10.1. The van der Waals surface area contributed by atoms with Crippen LogP contribution in [0.2, 0.25) is 0 Å². The van der Waals surface area contributed by atoms with E-state index in [0.29, 0.717) is 23.1 Å². The van der Waals surface area contributed by atoms with Crippen LogP contribution in [0.25, 0.3) is 6.08 Å². The van der Waals surface area contributed by atoms with Crippen molar-refractivity contribution in [3.63, 3.8) is 0 Å². The van der Waals surface area contributed by atoms with Crippen molar-refractivity contribution in [2.24, 2.45) is 0 Å². The van der Waals surface area contributed by atoms with Crippen molar-refractivity contribution in [1.82, 2.24) is 5.32 Å². The van der Waals surface area contributed by atoms with Crippen molar-refractivity contribution in [1.29, 1.82) is 0 Å². The lowest BCUT2D eigenvalue weighted by Gasteiger charge is -2.13. The Hall–Kier alpha value is -4.02. The number of hydrogen-bond donors (Lipinski definition) is 2. The van der Waals surface area contributed by atoms with Gasteiger partial charge in [-0.3, -0.25) is 9.59 Å². The molecule has 2 amide bonds. The Kier molecular flexibility index (Phi) is 8.84. The molecule has 2 aromatic carbocycles. The minimum atomic E-state index is -1.74. The molecule has 11 heteroatoms. The van der Waals surface area contributed by atoms with Gasteiger partial charge >= 0.3 is 5.97 Å². The Morgan fingerprint density at radius 2 is 1.76 bits per heavy atom. The fourth-order valence-electron chi connectivity index (χ4n) is 2.60. The van der Waals surface area contributed by atoms with E-state index in [9.17, 15) is 27.6 Å². The quantitative estimate of drug-likeness (QED) is 0.335. The molecule has 0 fully saturated rings. The number of para-hydroxylation sites is 1. The van der Waals surface area contributed by atoms with Crippen LogP contribution in [0.5, 0.6) is 11.5 Å². The number of ether oxygens (including phenoxy) is 3. The number of nitrogens with one attached hydrogen (secondary N) is 2. The van der Waals surface area contributed by atoms with Crippen LogP contribution in [0.3, 0.4) is 0 Å². The Labute approximate surface area is 187 Å². The zero-order valence-electron chi connectivity index (χ0n) is 17.9. The van der Waals surface area contributed by atoms with Gasteiger partial charge in [-0.15, -0.1) is 0 Å². The van der Waals surface area contributed by atoms with Gasteiger partial charge in [0.1, 0.15) is 0 Å². The fraction of sp³-hybridized carbons (Fsp3) is 0.227. The summed E-state index contributed by atoms with van der Waals surface area (Å²) in [6, 6.07) is 6.53. The first kappa shape index (κ1) is 25.2. The van der Waals surface area contributed by atoms with Crippen molar-refractivity contribution >= 4 is 29.5 Å². The standard InChI is InChI=1S/C22H21F3N2O6/c1-12(33-18(29)10-7-13-5-4-6-16(31-2)21(13)32-3)22(30)26-11-17(28)27-15-9-8-14(23)19(24)20(15)25/h4-10,12H,11H2,1-3H3,(H,26,30)(H,27,28)/b10-7+. The number of carbonyl (C=O) groups excluding carboxylic acids is 3. The average Bonchev–Trinajstić information content (AvgIpc) is 2.80.